The van der Waals surface area contributed by atoms with Crippen LogP contribution in [-0.2, 0) is 9.53 Å². The Morgan fingerprint density at radius 2 is 2.00 bits per heavy atom. The van der Waals surface area contributed by atoms with Crippen LogP contribution in [0.4, 0.5) is 0 Å². The molecule has 2 rings (SSSR count). The van der Waals surface area contributed by atoms with Gasteiger partial charge in [0.25, 0.3) is 0 Å². The largest absolute Gasteiger partial charge is 0.465 e. The fraction of sp³-hybridized carbons (Fsp3) is 0.267. The first-order valence-electron chi connectivity index (χ1n) is 6.54. The van der Waals surface area contributed by atoms with Gasteiger partial charge in [-0.05, 0) is 26.0 Å². The van der Waals surface area contributed by atoms with Crippen molar-refractivity contribution in [3.63, 3.8) is 0 Å². The summed E-state index contributed by atoms with van der Waals surface area (Å²) >= 11 is 1.23. The summed E-state index contributed by atoms with van der Waals surface area (Å²) in [7, 11) is 0. The summed E-state index contributed by atoms with van der Waals surface area (Å²) in [6.07, 6.45) is 0. The molecule has 110 valence electrons. The molecule has 21 heavy (non-hydrogen) atoms. The van der Waals surface area contributed by atoms with Gasteiger partial charge >= 0.3 is 5.97 Å². The van der Waals surface area contributed by atoms with Crippen LogP contribution in [0.2, 0.25) is 0 Å². The highest BCUT2D eigenvalue weighted by molar-refractivity contribution is 7.99. The first-order chi connectivity index (χ1) is 10.2. The number of hydrogen-bond donors (Lipinski definition) is 0. The topological polar surface area (TPSA) is 61.3 Å². The summed E-state index contributed by atoms with van der Waals surface area (Å²) in [6.45, 7) is 4.00. The smallest absolute Gasteiger partial charge is 0.316 e. The van der Waals surface area contributed by atoms with Crippen LogP contribution in [0.25, 0.3) is 0 Å². The van der Waals surface area contributed by atoms with E-state index in [1.807, 2.05) is 37.3 Å². The molecule has 0 aliphatic heterocycles. The van der Waals surface area contributed by atoms with Crippen LogP contribution < -0.4 is 4.74 Å². The molecule has 1 aromatic carbocycles. The molecule has 0 bridgehead atoms. The highest BCUT2D eigenvalue weighted by Crippen LogP contribution is 2.22. The van der Waals surface area contributed by atoms with Gasteiger partial charge in [0.1, 0.15) is 5.75 Å². The Morgan fingerprint density at radius 3 is 2.71 bits per heavy atom. The first-order valence-corrected chi connectivity index (χ1v) is 7.53. The van der Waals surface area contributed by atoms with Gasteiger partial charge < -0.3 is 9.47 Å². The molecule has 0 radical (unpaired) electrons. The Hall–Kier alpha value is -2.08. The third kappa shape index (κ3) is 5.07. The Kier molecular flexibility index (Phi) is 5.57. The third-order valence-electron chi connectivity index (χ3n) is 2.40. The molecule has 0 atom stereocenters. The number of nitrogens with zero attached hydrogens (tertiary/aromatic N) is 2. The minimum atomic E-state index is -0.280. The number of thioether (sulfide) groups is 1. The van der Waals surface area contributed by atoms with E-state index in [0.29, 0.717) is 23.4 Å². The number of rotatable bonds is 6. The van der Waals surface area contributed by atoms with Crippen molar-refractivity contribution in [1.82, 2.24) is 9.97 Å². The van der Waals surface area contributed by atoms with Crippen LogP contribution in [0.15, 0.2) is 41.6 Å². The summed E-state index contributed by atoms with van der Waals surface area (Å²) in [5.41, 5.74) is 0.780. The zero-order chi connectivity index (χ0) is 15.1. The SMILES string of the molecule is CCOC(=O)CSc1nc(C)cc(Oc2ccccc2)n1. The van der Waals surface area contributed by atoms with Crippen molar-refractivity contribution >= 4 is 17.7 Å². The van der Waals surface area contributed by atoms with Gasteiger partial charge in [-0.2, -0.15) is 4.98 Å². The highest BCUT2D eigenvalue weighted by Gasteiger charge is 2.08. The van der Waals surface area contributed by atoms with Crippen molar-refractivity contribution in [3.8, 4) is 11.6 Å². The number of esters is 1. The molecule has 0 unspecified atom stereocenters. The second-order valence-corrected chi connectivity index (χ2v) is 5.08. The minimum absolute atomic E-state index is 0.183. The van der Waals surface area contributed by atoms with Crippen LogP contribution in [0, 0.1) is 6.92 Å². The molecule has 0 fully saturated rings. The second-order valence-electron chi connectivity index (χ2n) is 4.14. The molecule has 1 aromatic heterocycles. The highest BCUT2D eigenvalue weighted by atomic mass is 32.2. The molecule has 5 nitrogen and oxygen atoms in total. The van der Waals surface area contributed by atoms with Gasteiger partial charge in [-0.3, -0.25) is 4.79 Å². The number of hydrogen-bond acceptors (Lipinski definition) is 6. The van der Waals surface area contributed by atoms with Crippen molar-refractivity contribution in [2.75, 3.05) is 12.4 Å². The average Bonchev–Trinajstić information content (AvgIpc) is 2.46. The molecule has 0 N–H and O–H groups in total. The summed E-state index contributed by atoms with van der Waals surface area (Å²) in [4.78, 5) is 19.9. The van der Waals surface area contributed by atoms with Crippen molar-refractivity contribution in [3.05, 3.63) is 42.1 Å². The first kappa shape index (κ1) is 15.3. The molecule has 0 amide bonds. The van der Waals surface area contributed by atoms with Gasteiger partial charge in [0, 0.05) is 11.8 Å². The van der Waals surface area contributed by atoms with Crippen molar-refractivity contribution in [2.24, 2.45) is 0 Å². The molecular weight excluding hydrogens is 288 g/mol. The number of ether oxygens (including phenoxy) is 2. The Labute approximate surface area is 127 Å². The van der Waals surface area contributed by atoms with Gasteiger partial charge in [-0.15, -0.1) is 0 Å². The standard InChI is InChI=1S/C15H16N2O3S/c1-3-19-14(18)10-21-15-16-11(2)9-13(17-15)20-12-7-5-4-6-8-12/h4-9H,3,10H2,1-2H3. The average molecular weight is 304 g/mol. The number of aryl methyl sites for hydroxylation is 1. The molecule has 0 saturated carbocycles. The minimum Gasteiger partial charge on any atom is -0.465 e. The predicted octanol–water partition coefficient (Wildman–Crippen LogP) is 3.23. The molecule has 2 aromatic rings. The summed E-state index contributed by atoms with van der Waals surface area (Å²) in [6, 6.07) is 11.1. The maximum absolute atomic E-state index is 11.3. The Bertz CT molecular complexity index is 605. The summed E-state index contributed by atoms with van der Waals surface area (Å²) < 4.78 is 10.5. The van der Waals surface area contributed by atoms with E-state index in [9.17, 15) is 4.79 Å². The maximum Gasteiger partial charge on any atom is 0.316 e. The van der Waals surface area contributed by atoms with E-state index in [-0.39, 0.29) is 11.7 Å². The van der Waals surface area contributed by atoms with Crippen LogP contribution in [0.3, 0.4) is 0 Å². The lowest BCUT2D eigenvalue weighted by Crippen LogP contribution is -2.07. The summed E-state index contributed by atoms with van der Waals surface area (Å²) in [5.74, 6) is 1.07. The summed E-state index contributed by atoms with van der Waals surface area (Å²) in [5, 5.41) is 0.494. The zero-order valence-electron chi connectivity index (χ0n) is 11.9. The van der Waals surface area contributed by atoms with Gasteiger partial charge in [0.2, 0.25) is 5.88 Å². The van der Waals surface area contributed by atoms with Crippen molar-refractivity contribution < 1.29 is 14.3 Å². The molecule has 6 heteroatoms. The Balaban J connectivity index is 2.05. The fourth-order valence-electron chi connectivity index (χ4n) is 1.57. The quantitative estimate of drug-likeness (QED) is 0.464. The maximum atomic E-state index is 11.3. The van der Waals surface area contributed by atoms with E-state index in [2.05, 4.69) is 9.97 Å². The lowest BCUT2D eigenvalue weighted by molar-refractivity contribution is -0.139. The Morgan fingerprint density at radius 1 is 1.24 bits per heavy atom. The number of aromatic nitrogens is 2. The number of benzene rings is 1. The zero-order valence-corrected chi connectivity index (χ0v) is 12.7. The van der Waals surface area contributed by atoms with E-state index >= 15 is 0 Å². The van der Waals surface area contributed by atoms with Crippen LogP contribution in [0.1, 0.15) is 12.6 Å². The van der Waals surface area contributed by atoms with E-state index in [1.54, 1.807) is 13.0 Å². The van der Waals surface area contributed by atoms with E-state index < -0.39 is 0 Å². The van der Waals surface area contributed by atoms with Crippen molar-refractivity contribution in [2.45, 2.75) is 19.0 Å². The molecule has 0 aliphatic carbocycles. The number of carbonyl (C=O) groups is 1. The second kappa shape index (κ2) is 7.64. The number of carbonyl (C=O) groups excluding carboxylic acids is 1. The van der Waals surface area contributed by atoms with Crippen molar-refractivity contribution in [1.29, 1.82) is 0 Å². The fourth-order valence-corrected chi connectivity index (χ4v) is 2.26. The lowest BCUT2D eigenvalue weighted by Gasteiger charge is -2.07. The molecule has 0 spiro atoms. The van der Waals surface area contributed by atoms with Crippen LogP contribution in [-0.4, -0.2) is 28.3 Å². The van der Waals surface area contributed by atoms with E-state index in [1.165, 1.54) is 11.8 Å². The monoisotopic (exact) mass is 304 g/mol. The normalized spacial score (nSPS) is 10.2. The van der Waals surface area contributed by atoms with E-state index in [4.69, 9.17) is 9.47 Å². The van der Waals surface area contributed by atoms with Gasteiger partial charge in [-0.1, -0.05) is 30.0 Å². The number of para-hydroxylation sites is 1. The van der Waals surface area contributed by atoms with E-state index in [0.717, 1.165) is 5.69 Å². The van der Waals surface area contributed by atoms with Gasteiger partial charge in [-0.25, -0.2) is 4.98 Å². The molecule has 1 heterocycles. The van der Waals surface area contributed by atoms with Crippen LogP contribution in [0.5, 0.6) is 11.6 Å². The predicted molar refractivity (Wildman–Crippen MR) is 80.6 cm³/mol. The molecule has 0 aliphatic rings. The van der Waals surface area contributed by atoms with Gasteiger partial charge in [0.05, 0.1) is 12.4 Å². The van der Waals surface area contributed by atoms with Gasteiger partial charge in [0.15, 0.2) is 5.16 Å². The molecule has 0 saturated heterocycles. The third-order valence-corrected chi connectivity index (χ3v) is 3.22. The lowest BCUT2D eigenvalue weighted by atomic mass is 10.3. The van der Waals surface area contributed by atoms with Crippen LogP contribution >= 0.6 is 11.8 Å². The molecular formula is C15H16N2O3S.